The highest BCUT2D eigenvalue weighted by Crippen LogP contribution is 2.16. The van der Waals surface area contributed by atoms with Crippen LogP contribution in [0.25, 0.3) is 0 Å². The second-order valence-electron chi connectivity index (χ2n) is 7.26. The summed E-state index contributed by atoms with van der Waals surface area (Å²) in [4.78, 5) is 11.1. The molecule has 1 rings (SSSR count). The van der Waals surface area contributed by atoms with Gasteiger partial charge in [-0.25, -0.2) is 0 Å². The van der Waals surface area contributed by atoms with Gasteiger partial charge in [0.1, 0.15) is 12.4 Å². The number of Topliss-reactive ketones (excluding diaryl/α,β-unsaturated/α-hetero) is 1. The van der Waals surface area contributed by atoms with E-state index in [-0.39, 0.29) is 12.4 Å². The predicted octanol–water partition coefficient (Wildman–Crippen LogP) is 4.48. The molecule has 0 aliphatic heterocycles. The van der Waals surface area contributed by atoms with Crippen LogP contribution in [0.3, 0.4) is 0 Å². The van der Waals surface area contributed by atoms with Crippen molar-refractivity contribution in [2.24, 2.45) is 0 Å². The highest BCUT2D eigenvalue weighted by Gasteiger charge is 1.99. The molecule has 0 fully saturated rings. The van der Waals surface area contributed by atoms with Crippen molar-refractivity contribution in [3.05, 3.63) is 24.3 Å². The zero-order valence-electron chi connectivity index (χ0n) is 18.4. The highest BCUT2D eigenvalue weighted by atomic mass is 16.5. The van der Waals surface area contributed by atoms with Crippen molar-refractivity contribution in [1.29, 1.82) is 0 Å². The van der Waals surface area contributed by atoms with E-state index < -0.39 is 0 Å². The molecular formula is C23H39NO5. The molecule has 0 bridgehead atoms. The van der Waals surface area contributed by atoms with E-state index in [0.29, 0.717) is 38.9 Å². The van der Waals surface area contributed by atoms with E-state index in [1.807, 2.05) is 31.2 Å². The smallest absolute Gasteiger partial charge is 0.158 e. The fourth-order valence-corrected chi connectivity index (χ4v) is 2.50. The normalized spacial score (nSPS) is 11.0. The minimum atomic E-state index is 0.144. The lowest BCUT2D eigenvalue weighted by atomic mass is 10.2. The number of ether oxygens (including phenoxy) is 4. The lowest BCUT2D eigenvalue weighted by Crippen LogP contribution is -2.09. The number of hydrogen-bond acceptors (Lipinski definition) is 6. The second kappa shape index (κ2) is 17.2. The molecule has 1 aromatic carbocycles. The summed E-state index contributed by atoms with van der Waals surface area (Å²) in [6, 6.07) is 8.47. The fraction of sp³-hybridized carbons (Fsp3) is 0.696. The first-order chi connectivity index (χ1) is 14.1. The molecule has 0 amide bonds. The van der Waals surface area contributed by atoms with Crippen molar-refractivity contribution in [3.8, 4) is 5.75 Å². The third kappa shape index (κ3) is 14.9. The van der Waals surface area contributed by atoms with Gasteiger partial charge in [-0.1, -0.05) is 6.92 Å². The number of unbranched alkanes of at least 4 members (excludes halogenated alkanes) is 1. The van der Waals surface area contributed by atoms with Crippen molar-refractivity contribution in [2.45, 2.75) is 58.9 Å². The summed E-state index contributed by atoms with van der Waals surface area (Å²) in [7, 11) is 0. The first-order valence-electron chi connectivity index (χ1n) is 10.9. The lowest BCUT2D eigenvalue weighted by molar-refractivity contribution is -0.123. The largest absolute Gasteiger partial charge is 0.494 e. The maximum Gasteiger partial charge on any atom is 0.158 e. The molecule has 0 atom stereocenters. The summed E-state index contributed by atoms with van der Waals surface area (Å²) in [5.41, 5.74) is 1.11. The molecule has 166 valence electrons. The predicted molar refractivity (Wildman–Crippen MR) is 117 cm³/mol. The summed E-state index contributed by atoms with van der Waals surface area (Å²) >= 11 is 0. The van der Waals surface area contributed by atoms with Gasteiger partial charge in [0.25, 0.3) is 0 Å². The standard InChI is InChI=1S/C23H39NO5/c1-4-22(25)19-28-17-7-15-26-13-5-6-14-27-16-8-18-29-23-11-9-21(10-12-23)24-20(2)3/h9-12,20,24H,4-8,13-19H2,1-3H3. The Kier molecular flexibility index (Phi) is 15.1. The molecule has 0 aliphatic carbocycles. The summed E-state index contributed by atoms with van der Waals surface area (Å²) in [5.74, 6) is 1.03. The van der Waals surface area contributed by atoms with E-state index in [1.165, 1.54) is 0 Å². The van der Waals surface area contributed by atoms with Crippen molar-refractivity contribution in [1.82, 2.24) is 0 Å². The van der Waals surface area contributed by atoms with Gasteiger partial charge in [-0.3, -0.25) is 4.79 Å². The quantitative estimate of drug-likeness (QED) is 0.340. The van der Waals surface area contributed by atoms with E-state index in [0.717, 1.165) is 50.3 Å². The van der Waals surface area contributed by atoms with Crippen LogP contribution in [0.5, 0.6) is 5.75 Å². The molecule has 1 N–H and O–H groups in total. The Morgan fingerprint density at radius 2 is 1.38 bits per heavy atom. The Hall–Kier alpha value is -1.63. The van der Waals surface area contributed by atoms with E-state index in [1.54, 1.807) is 0 Å². The van der Waals surface area contributed by atoms with Gasteiger partial charge in [-0.05, 0) is 57.4 Å². The van der Waals surface area contributed by atoms with Gasteiger partial charge >= 0.3 is 0 Å². The van der Waals surface area contributed by atoms with Gasteiger partial charge in [-0.15, -0.1) is 0 Å². The molecule has 6 heteroatoms. The van der Waals surface area contributed by atoms with Crippen LogP contribution in [0.4, 0.5) is 5.69 Å². The molecule has 1 aromatic rings. The molecule has 0 saturated heterocycles. The van der Waals surface area contributed by atoms with Gasteiger partial charge in [0.15, 0.2) is 5.78 Å². The SMILES string of the molecule is CCC(=O)COCCCOCCCCOCCCOc1ccc(NC(C)C)cc1. The third-order valence-electron chi connectivity index (χ3n) is 4.07. The summed E-state index contributed by atoms with van der Waals surface area (Å²) in [6.07, 6.45) is 4.22. The highest BCUT2D eigenvalue weighted by molar-refractivity contribution is 5.79. The van der Waals surface area contributed by atoms with E-state index in [4.69, 9.17) is 18.9 Å². The van der Waals surface area contributed by atoms with Gasteiger partial charge < -0.3 is 24.3 Å². The van der Waals surface area contributed by atoms with Gasteiger partial charge in [-0.2, -0.15) is 0 Å². The van der Waals surface area contributed by atoms with Crippen molar-refractivity contribution in [3.63, 3.8) is 0 Å². The first-order valence-corrected chi connectivity index (χ1v) is 10.9. The van der Waals surface area contributed by atoms with E-state index >= 15 is 0 Å². The van der Waals surface area contributed by atoms with Crippen LogP contribution >= 0.6 is 0 Å². The van der Waals surface area contributed by atoms with Gasteiger partial charge in [0, 0.05) is 57.6 Å². The molecule has 0 radical (unpaired) electrons. The van der Waals surface area contributed by atoms with E-state index in [9.17, 15) is 4.79 Å². The molecule has 6 nitrogen and oxygen atoms in total. The fourth-order valence-electron chi connectivity index (χ4n) is 2.50. The Morgan fingerprint density at radius 1 is 0.828 bits per heavy atom. The van der Waals surface area contributed by atoms with Crippen LogP contribution in [-0.4, -0.2) is 58.1 Å². The van der Waals surface area contributed by atoms with Crippen LogP contribution < -0.4 is 10.1 Å². The molecule has 0 unspecified atom stereocenters. The second-order valence-corrected chi connectivity index (χ2v) is 7.26. The number of benzene rings is 1. The molecule has 0 spiro atoms. The number of carbonyl (C=O) groups is 1. The van der Waals surface area contributed by atoms with Crippen molar-refractivity contribution < 1.29 is 23.7 Å². The average Bonchev–Trinajstić information content (AvgIpc) is 2.71. The molecular weight excluding hydrogens is 370 g/mol. The number of carbonyl (C=O) groups excluding carboxylic acids is 1. The minimum absolute atomic E-state index is 0.144. The van der Waals surface area contributed by atoms with Crippen molar-refractivity contribution >= 4 is 11.5 Å². The molecule has 0 aliphatic rings. The Balaban J connectivity index is 1.83. The maximum absolute atomic E-state index is 11.1. The number of ketones is 1. The Morgan fingerprint density at radius 3 is 1.97 bits per heavy atom. The monoisotopic (exact) mass is 409 g/mol. The molecule has 0 aromatic heterocycles. The van der Waals surface area contributed by atoms with Crippen LogP contribution in [-0.2, 0) is 19.0 Å². The summed E-state index contributed by atoms with van der Waals surface area (Å²) in [6.45, 7) is 10.4. The summed E-state index contributed by atoms with van der Waals surface area (Å²) in [5, 5.41) is 3.36. The zero-order chi connectivity index (χ0) is 21.2. The minimum Gasteiger partial charge on any atom is -0.494 e. The average molecular weight is 410 g/mol. The van der Waals surface area contributed by atoms with Gasteiger partial charge in [0.2, 0.25) is 0 Å². The Labute approximate surface area is 176 Å². The van der Waals surface area contributed by atoms with Crippen LogP contribution in [0, 0.1) is 0 Å². The summed E-state index contributed by atoms with van der Waals surface area (Å²) < 4.78 is 22.2. The number of hydrogen-bond donors (Lipinski definition) is 1. The molecule has 0 heterocycles. The topological polar surface area (TPSA) is 66.0 Å². The lowest BCUT2D eigenvalue weighted by Gasteiger charge is -2.11. The number of rotatable bonds is 19. The van der Waals surface area contributed by atoms with Crippen LogP contribution in [0.1, 0.15) is 52.9 Å². The molecule has 0 saturated carbocycles. The maximum atomic E-state index is 11.1. The Bertz CT molecular complexity index is 519. The van der Waals surface area contributed by atoms with E-state index in [2.05, 4.69) is 19.2 Å². The first kappa shape index (κ1) is 25.4. The third-order valence-corrected chi connectivity index (χ3v) is 4.07. The van der Waals surface area contributed by atoms with Crippen LogP contribution in [0.15, 0.2) is 24.3 Å². The van der Waals surface area contributed by atoms with Crippen molar-refractivity contribution in [2.75, 3.05) is 51.6 Å². The van der Waals surface area contributed by atoms with Crippen LogP contribution in [0.2, 0.25) is 0 Å². The zero-order valence-corrected chi connectivity index (χ0v) is 18.4. The number of anilines is 1. The van der Waals surface area contributed by atoms with Gasteiger partial charge in [0.05, 0.1) is 6.61 Å². The molecule has 29 heavy (non-hydrogen) atoms. The number of nitrogens with one attached hydrogen (secondary N) is 1.